The fraction of sp³-hybridized carbons (Fsp3) is 0.500. The van der Waals surface area contributed by atoms with E-state index in [-0.39, 0.29) is 6.61 Å². The molecule has 1 aromatic carbocycles. The lowest BCUT2D eigenvalue weighted by molar-refractivity contribution is -0.122. The minimum absolute atomic E-state index is 0.176. The fourth-order valence-electron chi connectivity index (χ4n) is 1.88. The summed E-state index contributed by atoms with van der Waals surface area (Å²) in [6.45, 7) is 8.33. The van der Waals surface area contributed by atoms with E-state index in [1.807, 2.05) is 33.8 Å². The minimum atomic E-state index is -0.478. The average Bonchev–Trinajstić information content (AvgIpc) is 2.41. The first-order chi connectivity index (χ1) is 9.93. The Morgan fingerprint density at radius 1 is 1.19 bits per heavy atom. The second-order valence-electron chi connectivity index (χ2n) is 5.15. The highest BCUT2D eigenvalue weighted by Crippen LogP contribution is 2.23. The van der Waals surface area contributed by atoms with Gasteiger partial charge in [-0.1, -0.05) is 19.4 Å². The number of aryl methyl sites for hydroxylation is 2. The number of hydrogen-bond donors (Lipinski definition) is 2. The molecule has 21 heavy (non-hydrogen) atoms. The number of unbranched alkanes of at least 4 members (excludes halogenated alkanes) is 1. The van der Waals surface area contributed by atoms with Gasteiger partial charge in [0.1, 0.15) is 5.75 Å². The van der Waals surface area contributed by atoms with E-state index in [1.165, 1.54) is 0 Å². The van der Waals surface area contributed by atoms with Crippen LogP contribution in [0.15, 0.2) is 12.1 Å². The molecule has 0 spiro atoms. The number of carbonyl (C=O) groups excluding carboxylic acids is 2. The van der Waals surface area contributed by atoms with Gasteiger partial charge in [-0.3, -0.25) is 10.1 Å². The van der Waals surface area contributed by atoms with Crippen molar-refractivity contribution in [1.29, 1.82) is 0 Å². The SMILES string of the molecule is CCCCNC(=O)NC(=O)COc1cc(C)cc(C)c1C. The third-order valence-electron chi connectivity index (χ3n) is 3.19. The molecule has 0 saturated carbocycles. The molecule has 1 rings (SSSR count). The van der Waals surface area contributed by atoms with Crippen LogP contribution < -0.4 is 15.4 Å². The predicted octanol–water partition coefficient (Wildman–Crippen LogP) is 2.62. The van der Waals surface area contributed by atoms with Crippen molar-refractivity contribution in [3.05, 3.63) is 28.8 Å². The minimum Gasteiger partial charge on any atom is -0.483 e. The molecule has 0 atom stereocenters. The van der Waals surface area contributed by atoms with Crippen molar-refractivity contribution >= 4 is 11.9 Å². The first-order valence-corrected chi connectivity index (χ1v) is 7.22. The molecule has 5 heteroatoms. The van der Waals surface area contributed by atoms with E-state index in [4.69, 9.17) is 4.74 Å². The molecule has 0 heterocycles. The molecule has 2 N–H and O–H groups in total. The van der Waals surface area contributed by atoms with Gasteiger partial charge >= 0.3 is 6.03 Å². The highest BCUT2D eigenvalue weighted by molar-refractivity contribution is 5.94. The van der Waals surface area contributed by atoms with Gasteiger partial charge in [-0.15, -0.1) is 0 Å². The number of hydrogen-bond acceptors (Lipinski definition) is 3. The Kier molecular flexibility index (Phi) is 6.72. The molecular formula is C16H24N2O3. The predicted molar refractivity (Wildman–Crippen MR) is 82.6 cm³/mol. The lowest BCUT2D eigenvalue weighted by Gasteiger charge is -2.12. The molecule has 0 aromatic heterocycles. The van der Waals surface area contributed by atoms with Gasteiger partial charge in [-0.25, -0.2) is 4.79 Å². The van der Waals surface area contributed by atoms with E-state index in [0.717, 1.165) is 29.5 Å². The van der Waals surface area contributed by atoms with E-state index in [1.54, 1.807) is 0 Å². The zero-order chi connectivity index (χ0) is 15.8. The summed E-state index contributed by atoms with van der Waals surface area (Å²) in [5, 5.41) is 4.86. The molecule has 3 amide bonds. The summed E-state index contributed by atoms with van der Waals surface area (Å²) in [5.41, 5.74) is 3.19. The van der Waals surface area contributed by atoms with Gasteiger partial charge in [0.2, 0.25) is 0 Å². The number of ether oxygens (including phenoxy) is 1. The third kappa shape index (κ3) is 5.85. The average molecular weight is 292 g/mol. The number of urea groups is 1. The summed E-state index contributed by atoms with van der Waals surface area (Å²) in [5.74, 6) is 0.219. The van der Waals surface area contributed by atoms with Crippen LogP contribution in [0, 0.1) is 20.8 Å². The maximum Gasteiger partial charge on any atom is 0.321 e. The van der Waals surface area contributed by atoms with Crippen LogP contribution in [-0.4, -0.2) is 25.1 Å². The van der Waals surface area contributed by atoms with E-state index in [0.29, 0.717) is 12.3 Å². The highest BCUT2D eigenvalue weighted by Gasteiger charge is 2.10. The Bertz CT molecular complexity index is 512. The third-order valence-corrected chi connectivity index (χ3v) is 3.19. The Balaban J connectivity index is 2.45. The van der Waals surface area contributed by atoms with Crippen LogP contribution in [0.5, 0.6) is 5.75 Å². The topological polar surface area (TPSA) is 67.4 Å². The highest BCUT2D eigenvalue weighted by atomic mass is 16.5. The van der Waals surface area contributed by atoms with Crippen LogP contribution >= 0.6 is 0 Å². The van der Waals surface area contributed by atoms with Crippen molar-refractivity contribution in [2.45, 2.75) is 40.5 Å². The number of imide groups is 1. The van der Waals surface area contributed by atoms with Crippen LogP contribution in [0.1, 0.15) is 36.5 Å². The molecule has 0 unspecified atom stereocenters. The smallest absolute Gasteiger partial charge is 0.321 e. The first-order valence-electron chi connectivity index (χ1n) is 7.22. The number of nitrogens with one attached hydrogen (secondary N) is 2. The lowest BCUT2D eigenvalue weighted by atomic mass is 10.1. The summed E-state index contributed by atoms with van der Waals surface area (Å²) >= 11 is 0. The van der Waals surface area contributed by atoms with E-state index >= 15 is 0 Å². The van der Waals surface area contributed by atoms with Crippen LogP contribution in [0.4, 0.5) is 4.79 Å². The molecule has 116 valence electrons. The maximum absolute atomic E-state index is 11.6. The standard InChI is InChI=1S/C16H24N2O3/c1-5-6-7-17-16(20)18-15(19)10-21-14-9-11(2)8-12(3)13(14)4/h8-9H,5-7,10H2,1-4H3,(H2,17,18,19,20). The van der Waals surface area contributed by atoms with Gasteiger partial charge in [-0.05, 0) is 49.9 Å². The van der Waals surface area contributed by atoms with Gasteiger partial charge in [0, 0.05) is 6.54 Å². The zero-order valence-electron chi connectivity index (χ0n) is 13.2. The molecule has 0 radical (unpaired) electrons. The second kappa shape index (κ2) is 8.29. The molecular weight excluding hydrogens is 268 g/mol. The van der Waals surface area contributed by atoms with Crippen molar-refractivity contribution in [3.63, 3.8) is 0 Å². The monoisotopic (exact) mass is 292 g/mol. The second-order valence-corrected chi connectivity index (χ2v) is 5.15. The number of carbonyl (C=O) groups is 2. The Morgan fingerprint density at radius 3 is 2.57 bits per heavy atom. The van der Waals surface area contributed by atoms with Gasteiger partial charge in [-0.2, -0.15) is 0 Å². The van der Waals surface area contributed by atoms with Crippen molar-refractivity contribution in [2.24, 2.45) is 0 Å². The Morgan fingerprint density at radius 2 is 1.90 bits per heavy atom. The van der Waals surface area contributed by atoms with Crippen LogP contribution in [0.25, 0.3) is 0 Å². The fourth-order valence-corrected chi connectivity index (χ4v) is 1.88. The number of amides is 3. The summed E-state index contributed by atoms with van der Waals surface area (Å²) in [4.78, 5) is 23.1. The van der Waals surface area contributed by atoms with Crippen LogP contribution in [0.2, 0.25) is 0 Å². The van der Waals surface area contributed by atoms with Gasteiger partial charge in [0.15, 0.2) is 6.61 Å². The quantitative estimate of drug-likeness (QED) is 0.792. The molecule has 1 aromatic rings. The Labute approximate surface area is 126 Å². The molecule has 0 bridgehead atoms. The normalized spacial score (nSPS) is 10.1. The lowest BCUT2D eigenvalue weighted by Crippen LogP contribution is -2.41. The molecule has 0 aliphatic rings. The van der Waals surface area contributed by atoms with Crippen LogP contribution in [-0.2, 0) is 4.79 Å². The maximum atomic E-state index is 11.6. The van der Waals surface area contributed by atoms with E-state index < -0.39 is 11.9 Å². The Hall–Kier alpha value is -2.04. The van der Waals surface area contributed by atoms with Crippen molar-refractivity contribution < 1.29 is 14.3 Å². The first kappa shape index (κ1) is 17.0. The molecule has 5 nitrogen and oxygen atoms in total. The van der Waals surface area contributed by atoms with Gasteiger partial charge in [0.05, 0.1) is 0 Å². The molecule has 0 fully saturated rings. The largest absolute Gasteiger partial charge is 0.483 e. The van der Waals surface area contributed by atoms with Crippen molar-refractivity contribution in [1.82, 2.24) is 10.6 Å². The van der Waals surface area contributed by atoms with Crippen molar-refractivity contribution in [3.8, 4) is 5.75 Å². The zero-order valence-corrected chi connectivity index (χ0v) is 13.2. The number of rotatable bonds is 6. The summed E-state index contributed by atoms with van der Waals surface area (Å²) in [6.07, 6.45) is 1.88. The van der Waals surface area contributed by atoms with Gasteiger partial charge in [0.25, 0.3) is 5.91 Å². The summed E-state index contributed by atoms with van der Waals surface area (Å²) in [7, 11) is 0. The molecule has 0 aliphatic carbocycles. The van der Waals surface area contributed by atoms with Crippen LogP contribution in [0.3, 0.4) is 0 Å². The number of benzene rings is 1. The molecule has 0 saturated heterocycles. The summed E-state index contributed by atoms with van der Waals surface area (Å²) in [6, 6.07) is 3.47. The van der Waals surface area contributed by atoms with Crippen molar-refractivity contribution in [2.75, 3.05) is 13.2 Å². The van der Waals surface area contributed by atoms with E-state index in [2.05, 4.69) is 16.7 Å². The molecule has 0 aliphatic heterocycles. The van der Waals surface area contributed by atoms with E-state index in [9.17, 15) is 9.59 Å². The summed E-state index contributed by atoms with van der Waals surface area (Å²) < 4.78 is 5.49. The van der Waals surface area contributed by atoms with Gasteiger partial charge < -0.3 is 10.1 Å².